The first-order valence-electron chi connectivity index (χ1n) is 8.41. The summed E-state index contributed by atoms with van der Waals surface area (Å²) in [5, 5.41) is 0. The van der Waals surface area contributed by atoms with Gasteiger partial charge in [-0.15, -0.1) is 0 Å². The van der Waals surface area contributed by atoms with Crippen LogP contribution in [0.1, 0.15) is 24.5 Å². The molecule has 2 saturated heterocycles. The van der Waals surface area contributed by atoms with Crippen molar-refractivity contribution in [2.75, 3.05) is 26.2 Å². The summed E-state index contributed by atoms with van der Waals surface area (Å²) in [7, 11) is 0. The standard InChI is InChI=1S/C19H23N3O2/c1-3-4-18(23)20-10-9-17(14-20)22-12-11-21(19(22)24)13-16-7-5-15(2)6-8-16/h5-8,17H,9-14H2,1-2H3. The third-order valence-electron chi connectivity index (χ3n) is 4.74. The van der Waals surface area contributed by atoms with Gasteiger partial charge in [-0.2, -0.15) is 0 Å². The van der Waals surface area contributed by atoms with E-state index in [1.807, 2.05) is 9.80 Å². The Kier molecular flexibility index (Phi) is 4.75. The molecular formula is C19H23N3O2. The number of likely N-dealkylation sites (tertiary alicyclic amines) is 1. The Morgan fingerprint density at radius 1 is 1.21 bits per heavy atom. The van der Waals surface area contributed by atoms with Crippen LogP contribution in [0.3, 0.4) is 0 Å². The lowest BCUT2D eigenvalue weighted by Gasteiger charge is -2.24. The Morgan fingerprint density at radius 2 is 1.96 bits per heavy atom. The molecule has 1 unspecified atom stereocenters. The number of urea groups is 1. The van der Waals surface area contributed by atoms with E-state index in [1.165, 1.54) is 5.56 Å². The van der Waals surface area contributed by atoms with E-state index in [9.17, 15) is 9.59 Å². The smallest absolute Gasteiger partial charge is 0.320 e. The zero-order valence-corrected chi connectivity index (χ0v) is 14.3. The van der Waals surface area contributed by atoms with Gasteiger partial charge >= 0.3 is 6.03 Å². The van der Waals surface area contributed by atoms with Crippen LogP contribution < -0.4 is 0 Å². The molecule has 3 amide bonds. The fourth-order valence-corrected chi connectivity index (χ4v) is 3.37. The Hall–Kier alpha value is -2.48. The number of aryl methyl sites for hydroxylation is 1. The third-order valence-corrected chi connectivity index (χ3v) is 4.74. The Labute approximate surface area is 143 Å². The summed E-state index contributed by atoms with van der Waals surface area (Å²) in [6.45, 7) is 7.12. The van der Waals surface area contributed by atoms with Crippen molar-refractivity contribution in [1.29, 1.82) is 0 Å². The molecule has 2 fully saturated rings. The Balaban J connectivity index is 1.59. The first-order chi connectivity index (χ1) is 11.6. The second kappa shape index (κ2) is 6.96. The van der Waals surface area contributed by atoms with Gasteiger partial charge in [-0.1, -0.05) is 35.7 Å². The molecule has 0 aliphatic carbocycles. The van der Waals surface area contributed by atoms with Gasteiger partial charge in [0.1, 0.15) is 0 Å². The minimum absolute atomic E-state index is 0.0800. The van der Waals surface area contributed by atoms with Gasteiger partial charge in [0.2, 0.25) is 0 Å². The van der Waals surface area contributed by atoms with Crippen molar-refractivity contribution in [1.82, 2.24) is 14.7 Å². The van der Waals surface area contributed by atoms with E-state index in [2.05, 4.69) is 43.0 Å². The molecule has 2 heterocycles. The number of carbonyl (C=O) groups excluding carboxylic acids is 2. The van der Waals surface area contributed by atoms with E-state index in [0.717, 1.165) is 25.1 Å². The SMILES string of the molecule is CC#CC(=O)N1CCC(N2CCN(Cc3ccc(C)cc3)C2=O)C1. The van der Waals surface area contributed by atoms with Crippen molar-refractivity contribution < 1.29 is 9.59 Å². The molecule has 0 bridgehead atoms. The van der Waals surface area contributed by atoms with Crippen LogP contribution in [0.4, 0.5) is 4.79 Å². The lowest BCUT2D eigenvalue weighted by atomic mass is 10.1. The van der Waals surface area contributed by atoms with Crippen molar-refractivity contribution in [3.8, 4) is 11.8 Å². The van der Waals surface area contributed by atoms with Crippen molar-refractivity contribution >= 4 is 11.9 Å². The lowest BCUT2D eigenvalue weighted by Crippen LogP contribution is -2.41. The molecule has 0 spiro atoms. The molecule has 1 aromatic carbocycles. The van der Waals surface area contributed by atoms with Gasteiger partial charge in [-0.05, 0) is 31.8 Å². The van der Waals surface area contributed by atoms with Crippen LogP contribution >= 0.6 is 0 Å². The average molecular weight is 325 g/mol. The number of nitrogens with zero attached hydrogens (tertiary/aromatic N) is 3. The van der Waals surface area contributed by atoms with E-state index >= 15 is 0 Å². The maximum absolute atomic E-state index is 12.7. The average Bonchev–Trinajstić information content (AvgIpc) is 3.18. The number of carbonyl (C=O) groups is 2. The predicted molar refractivity (Wildman–Crippen MR) is 92.1 cm³/mol. The molecule has 5 nitrogen and oxygen atoms in total. The van der Waals surface area contributed by atoms with Crippen LogP contribution in [-0.2, 0) is 11.3 Å². The van der Waals surface area contributed by atoms with Crippen LogP contribution in [0.5, 0.6) is 0 Å². The highest BCUT2D eigenvalue weighted by Crippen LogP contribution is 2.22. The zero-order chi connectivity index (χ0) is 17.1. The maximum atomic E-state index is 12.7. The molecule has 0 N–H and O–H groups in total. The molecule has 24 heavy (non-hydrogen) atoms. The van der Waals surface area contributed by atoms with E-state index in [-0.39, 0.29) is 18.0 Å². The molecular weight excluding hydrogens is 302 g/mol. The lowest BCUT2D eigenvalue weighted by molar-refractivity contribution is -0.124. The van der Waals surface area contributed by atoms with Crippen molar-refractivity contribution in [3.05, 3.63) is 35.4 Å². The predicted octanol–water partition coefficient (Wildman–Crippen LogP) is 1.86. The Morgan fingerprint density at radius 3 is 2.67 bits per heavy atom. The molecule has 126 valence electrons. The number of hydrogen-bond acceptors (Lipinski definition) is 2. The normalized spacial score (nSPS) is 20.3. The molecule has 1 atom stereocenters. The molecule has 5 heteroatoms. The van der Waals surface area contributed by atoms with Crippen LogP contribution in [0.15, 0.2) is 24.3 Å². The van der Waals surface area contributed by atoms with Crippen molar-refractivity contribution in [2.45, 2.75) is 32.9 Å². The highest BCUT2D eigenvalue weighted by molar-refractivity contribution is 5.93. The summed E-state index contributed by atoms with van der Waals surface area (Å²) < 4.78 is 0. The second-order valence-electron chi connectivity index (χ2n) is 6.45. The van der Waals surface area contributed by atoms with E-state index in [4.69, 9.17) is 0 Å². The van der Waals surface area contributed by atoms with Gasteiger partial charge in [0.15, 0.2) is 0 Å². The maximum Gasteiger partial charge on any atom is 0.320 e. The van der Waals surface area contributed by atoms with Gasteiger partial charge in [-0.25, -0.2) is 4.79 Å². The molecule has 0 radical (unpaired) electrons. The summed E-state index contributed by atoms with van der Waals surface area (Å²) in [6, 6.07) is 8.49. The fraction of sp³-hybridized carbons (Fsp3) is 0.474. The summed E-state index contributed by atoms with van der Waals surface area (Å²) in [5.41, 5.74) is 2.37. The summed E-state index contributed by atoms with van der Waals surface area (Å²) in [4.78, 5) is 30.1. The van der Waals surface area contributed by atoms with E-state index < -0.39 is 0 Å². The van der Waals surface area contributed by atoms with Gasteiger partial charge in [0, 0.05) is 32.7 Å². The Bertz CT molecular complexity index is 687. The molecule has 2 aliphatic heterocycles. The molecule has 3 rings (SSSR count). The number of benzene rings is 1. The van der Waals surface area contributed by atoms with Crippen LogP contribution in [0.25, 0.3) is 0 Å². The summed E-state index contributed by atoms with van der Waals surface area (Å²) in [6.07, 6.45) is 0.835. The first kappa shape index (κ1) is 16.4. The van der Waals surface area contributed by atoms with Gasteiger partial charge < -0.3 is 14.7 Å². The highest BCUT2D eigenvalue weighted by atomic mass is 16.2. The van der Waals surface area contributed by atoms with Crippen LogP contribution in [0, 0.1) is 18.8 Å². The minimum Gasteiger partial charge on any atom is -0.330 e. The second-order valence-corrected chi connectivity index (χ2v) is 6.45. The van der Waals surface area contributed by atoms with E-state index in [0.29, 0.717) is 19.6 Å². The fourth-order valence-electron chi connectivity index (χ4n) is 3.37. The first-order valence-corrected chi connectivity index (χ1v) is 8.41. The van der Waals surface area contributed by atoms with Crippen LogP contribution in [0.2, 0.25) is 0 Å². The van der Waals surface area contributed by atoms with Crippen molar-refractivity contribution in [3.63, 3.8) is 0 Å². The quantitative estimate of drug-likeness (QED) is 0.796. The molecule has 1 aromatic rings. The van der Waals surface area contributed by atoms with Gasteiger partial charge in [-0.3, -0.25) is 4.79 Å². The number of rotatable bonds is 3. The largest absolute Gasteiger partial charge is 0.330 e. The zero-order valence-electron chi connectivity index (χ0n) is 14.3. The van der Waals surface area contributed by atoms with Crippen LogP contribution in [-0.4, -0.2) is 58.9 Å². The van der Waals surface area contributed by atoms with Gasteiger partial charge in [0.05, 0.1) is 6.04 Å². The van der Waals surface area contributed by atoms with Crippen molar-refractivity contribution in [2.24, 2.45) is 0 Å². The molecule has 0 aromatic heterocycles. The summed E-state index contributed by atoms with van der Waals surface area (Å²) in [5.74, 6) is 5.09. The monoisotopic (exact) mass is 325 g/mol. The van der Waals surface area contributed by atoms with E-state index in [1.54, 1.807) is 11.8 Å². The third kappa shape index (κ3) is 3.38. The number of hydrogen-bond donors (Lipinski definition) is 0. The topological polar surface area (TPSA) is 43.9 Å². The summed E-state index contributed by atoms with van der Waals surface area (Å²) >= 11 is 0. The van der Waals surface area contributed by atoms with Gasteiger partial charge in [0.25, 0.3) is 5.91 Å². The minimum atomic E-state index is -0.136. The molecule has 2 aliphatic rings. The number of amides is 3. The molecule has 0 saturated carbocycles. The highest BCUT2D eigenvalue weighted by Gasteiger charge is 2.37.